The summed E-state index contributed by atoms with van der Waals surface area (Å²) in [6.45, 7) is 12.9. The van der Waals surface area contributed by atoms with Gasteiger partial charge in [0, 0.05) is 30.9 Å². The van der Waals surface area contributed by atoms with E-state index < -0.39 is 0 Å². The van der Waals surface area contributed by atoms with E-state index in [0.717, 1.165) is 25.2 Å². The largest absolute Gasteiger partial charge is 0.361 e. The van der Waals surface area contributed by atoms with E-state index in [9.17, 15) is 0 Å². The normalized spacial score (nSPS) is 11.2. The Hall–Kier alpha value is -1.13. The summed E-state index contributed by atoms with van der Waals surface area (Å²) in [4.78, 5) is 2.45. The summed E-state index contributed by atoms with van der Waals surface area (Å²) in [5.74, 6) is 0. The van der Waals surface area contributed by atoms with E-state index in [1.54, 1.807) is 0 Å². The Balaban J connectivity index is 2.36. The molecule has 2 N–H and O–H groups in total. The minimum Gasteiger partial charge on any atom is -0.361 e. The molecule has 0 saturated carbocycles. The highest BCUT2D eigenvalue weighted by Crippen LogP contribution is 2.09. The minimum atomic E-state index is 0.551. The van der Waals surface area contributed by atoms with Gasteiger partial charge in [-0.3, -0.25) is 4.90 Å². The van der Waals surface area contributed by atoms with Gasteiger partial charge in [-0.25, -0.2) is 0 Å². The number of thiocarbonyl (C=S) groups is 1. The highest BCUT2D eigenvalue weighted by Gasteiger charge is 2.12. The Morgan fingerprint density at radius 2 is 1.67 bits per heavy atom. The molecule has 0 saturated heterocycles. The number of nitrogens with one attached hydrogen (secondary N) is 2. The van der Waals surface area contributed by atoms with Gasteiger partial charge in [-0.15, -0.1) is 0 Å². The topological polar surface area (TPSA) is 27.3 Å². The van der Waals surface area contributed by atoms with Crippen LogP contribution in [-0.4, -0.2) is 35.2 Å². The summed E-state index contributed by atoms with van der Waals surface area (Å²) in [5, 5.41) is 7.19. The molecule has 1 aromatic rings. The van der Waals surface area contributed by atoms with Gasteiger partial charge in [0.05, 0.1) is 0 Å². The average molecular weight is 308 g/mol. The van der Waals surface area contributed by atoms with Crippen LogP contribution in [-0.2, 0) is 6.42 Å². The third kappa shape index (κ3) is 6.44. The van der Waals surface area contributed by atoms with Crippen LogP contribution in [0.5, 0.6) is 0 Å². The number of hydrogen-bond donors (Lipinski definition) is 2. The molecule has 4 heteroatoms. The van der Waals surface area contributed by atoms with Crippen LogP contribution >= 0.6 is 12.2 Å². The van der Waals surface area contributed by atoms with Crippen molar-refractivity contribution in [2.24, 2.45) is 0 Å². The van der Waals surface area contributed by atoms with Crippen LogP contribution in [0.1, 0.15) is 40.2 Å². The molecule has 3 nitrogen and oxygen atoms in total. The predicted molar refractivity (Wildman–Crippen MR) is 97.0 cm³/mol. The maximum atomic E-state index is 5.34. The monoisotopic (exact) mass is 307 g/mol. The Morgan fingerprint density at radius 1 is 1.10 bits per heavy atom. The van der Waals surface area contributed by atoms with Gasteiger partial charge in [0.15, 0.2) is 5.11 Å². The third-order valence-electron chi connectivity index (χ3n) is 3.60. The van der Waals surface area contributed by atoms with Crippen LogP contribution in [0, 0.1) is 0 Å². The molecule has 118 valence electrons. The zero-order chi connectivity index (χ0) is 15.8. The number of hydrogen-bond acceptors (Lipinski definition) is 2. The molecule has 0 bridgehead atoms. The fourth-order valence-electron chi connectivity index (χ4n) is 2.41. The maximum absolute atomic E-state index is 5.34. The van der Waals surface area contributed by atoms with Crippen LogP contribution in [0.25, 0.3) is 0 Å². The first-order chi connectivity index (χ1) is 9.93. The van der Waals surface area contributed by atoms with E-state index in [0.29, 0.717) is 17.2 Å². The molecule has 0 aromatic heterocycles. The first-order valence-corrected chi connectivity index (χ1v) is 8.24. The average Bonchev–Trinajstić information content (AvgIpc) is 2.43. The molecule has 1 aromatic carbocycles. The fourth-order valence-corrected chi connectivity index (χ4v) is 2.63. The summed E-state index contributed by atoms with van der Waals surface area (Å²) in [6.07, 6.45) is 1.06. The molecule has 0 aliphatic rings. The molecule has 0 aliphatic carbocycles. The molecule has 0 atom stereocenters. The van der Waals surface area contributed by atoms with Gasteiger partial charge in [-0.2, -0.15) is 0 Å². The molecule has 0 spiro atoms. The van der Waals surface area contributed by atoms with Gasteiger partial charge in [-0.1, -0.05) is 19.1 Å². The van der Waals surface area contributed by atoms with Crippen LogP contribution in [0.4, 0.5) is 5.69 Å². The van der Waals surface area contributed by atoms with Crippen molar-refractivity contribution in [1.82, 2.24) is 10.2 Å². The summed E-state index contributed by atoms with van der Waals surface area (Å²) in [5.41, 5.74) is 2.37. The van der Waals surface area contributed by atoms with Crippen LogP contribution in [0.3, 0.4) is 0 Å². The molecule has 0 fully saturated rings. The van der Waals surface area contributed by atoms with E-state index >= 15 is 0 Å². The van der Waals surface area contributed by atoms with Crippen molar-refractivity contribution < 1.29 is 0 Å². The molecule has 0 aliphatic heterocycles. The lowest BCUT2D eigenvalue weighted by Gasteiger charge is -2.30. The predicted octanol–water partition coefficient (Wildman–Crippen LogP) is 3.65. The molecule has 0 unspecified atom stereocenters. The van der Waals surface area contributed by atoms with Crippen molar-refractivity contribution in [3.05, 3.63) is 29.8 Å². The van der Waals surface area contributed by atoms with Crippen molar-refractivity contribution in [1.29, 1.82) is 0 Å². The van der Waals surface area contributed by atoms with Crippen LogP contribution in [0.2, 0.25) is 0 Å². The second kappa shape index (κ2) is 9.00. The number of benzene rings is 1. The van der Waals surface area contributed by atoms with E-state index in [2.05, 4.69) is 74.4 Å². The van der Waals surface area contributed by atoms with Crippen molar-refractivity contribution in [3.8, 4) is 0 Å². The SMILES string of the molecule is CCc1ccc(NC(=S)NCCN(C(C)C)C(C)C)cc1. The smallest absolute Gasteiger partial charge is 0.170 e. The molecule has 0 radical (unpaired) electrons. The van der Waals surface area contributed by atoms with Gasteiger partial charge in [0.1, 0.15) is 0 Å². The van der Waals surface area contributed by atoms with Gasteiger partial charge in [0.2, 0.25) is 0 Å². The second-order valence-electron chi connectivity index (χ2n) is 5.86. The van der Waals surface area contributed by atoms with Gasteiger partial charge < -0.3 is 10.6 Å². The van der Waals surface area contributed by atoms with E-state index in [1.807, 2.05) is 0 Å². The Kier molecular flexibility index (Phi) is 7.68. The van der Waals surface area contributed by atoms with E-state index in [-0.39, 0.29) is 0 Å². The number of anilines is 1. The van der Waals surface area contributed by atoms with Crippen LogP contribution < -0.4 is 10.6 Å². The molecule has 1 rings (SSSR count). The van der Waals surface area contributed by atoms with Gasteiger partial charge in [-0.05, 0) is 64.0 Å². The first-order valence-electron chi connectivity index (χ1n) is 7.83. The Bertz CT molecular complexity index is 418. The first kappa shape index (κ1) is 17.9. The molecular weight excluding hydrogens is 278 g/mol. The highest BCUT2D eigenvalue weighted by atomic mass is 32.1. The second-order valence-corrected chi connectivity index (χ2v) is 6.26. The van der Waals surface area contributed by atoms with Crippen LogP contribution in [0.15, 0.2) is 24.3 Å². The lowest BCUT2D eigenvalue weighted by atomic mass is 10.1. The lowest BCUT2D eigenvalue weighted by molar-refractivity contribution is 0.178. The molecular formula is C17H29N3S. The summed E-state index contributed by atoms with van der Waals surface area (Å²) in [6, 6.07) is 9.50. The minimum absolute atomic E-state index is 0.551. The van der Waals surface area contributed by atoms with Crippen molar-refractivity contribution in [3.63, 3.8) is 0 Å². The number of aryl methyl sites for hydroxylation is 1. The molecule has 0 heterocycles. The maximum Gasteiger partial charge on any atom is 0.170 e. The summed E-state index contributed by atoms with van der Waals surface area (Å²) >= 11 is 5.34. The number of nitrogens with zero attached hydrogens (tertiary/aromatic N) is 1. The van der Waals surface area contributed by atoms with Crippen molar-refractivity contribution >= 4 is 23.0 Å². The van der Waals surface area contributed by atoms with Crippen molar-refractivity contribution in [2.75, 3.05) is 18.4 Å². The molecule has 0 amide bonds. The zero-order valence-corrected chi connectivity index (χ0v) is 14.8. The van der Waals surface area contributed by atoms with Crippen molar-refractivity contribution in [2.45, 2.75) is 53.1 Å². The summed E-state index contributed by atoms with van der Waals surface area (Å²) in [7, 11) is 0. The standard InChI is InChI=1S/C17H29N3S/c1-6-15-7-9-16(10-8-15)19-17(21)18-11-12-20(13(2)3)14(4)5/h7-10,13-14H,6,11-12H2,1-5H3,(H2,18,19,21). The Labute approximate surface area is 135 Å². The van der Waals surface area contributed by atoms with Gasteiger partial charge >= 0.3 is 0 Å². The lowest BCUT2D eigenvalue weighted by Crippen LogP contribution is -2.43. The third-order valence-corrected chi connectivity index (χ3v) is 3.85. The zero-order valence-electron chi connectivity index (χ0n) is 13.9. The Morgan fingerprint density at radius 3 is 2.14 bits per heavy atom. The van der Waals surface area contributed by atoms with E-state index in [4.69, 9.17) is 12.2 Å². The number of rotatable bonds is 7. The fraction of sp³-hybridized carbons (Fsp3) is 0.588. The highest BCUT2D eigenvalue weighted by molar-refractivity contribution is 7.80. The summed E-state index contributed by atoms with van der Waals surface area (Å²) < 4.78 is 0. The van der Waals surface area contributed by atoms with E-state index in [1.165, 1.54) is 5.56 Å². The molecule has 21 heavy (non-hydrogen) atoms. The van der Waals surface area contributed by atoms with Gasteiger partial charge in [0.25, 0.3) is 0 Å². The quantitative estimate of drug-likeness (QED) is 0.752.